The number of esters is 1. The summed E-state index contributed by atoms with van der Waals surface area (Å²) in [6.07, 6.45) is 1.81. The minimum absolute atomic E-state index is 0.0201. The zero-order chi connectivity index (χ0) is 22.1. The van der Waals surface area contributed by atoms with Crippen LogP contribution in [-0.4, -0.2) is 35.3 Å². The Balaban J connectivity index is 1.56. The quantitative estimate of drug-likeness (QED) is 0.586. The van der Waals surface area contributed by atoms with Gasteiger partial charge in [-0.1, -0.05) is 18.2 Å². The lowest BCUT2D eigenvalue weighted by Gasteiger charge is -2.19. The minimum Gasteiger partial charge on any atom is -0.469 e. The Bertz CT molecular complexity index is 1150. The van der Waals surface area contributed by atoms with Gasteiger partial charge in [0.05, 0.1) is 24.2 Å². The van der Waals surface area contributed by atoms with Gasteiger partial charge in [-0.15, -0.1) is 0 Å². The van der Waals surface area contributed by atoms with E-state index in [1.807, 2.05) is 66.8 Å². The molecule has 1 aliphatic rings. The van der Waals surface area contributed by atoms with Crippen LogP contribution in [0.25, 0.3) is 5.69 Å². The van der Waals surface area contributed by atoms with Gasteiger partial charge in [0.2, 0.25) is 0 Å². The van der Waals surface area contributed by atoms with E-state index in [4.69, 9.17) is 4.74 Å². The summed E-state index contributed by atoms with van der Waals surface area (Å²) in [7, 11) is 1.40. The number of aryl methyl sites for hydroxylation is 2. The number of carbonyl (C=O) groups excluding carboxylic acids is 2. The Kier molecular flexibility index (Phi) is 5.63. The Hall–Kier alpha value is -3.41. The predicted molar refractivity (Wildman–Crippen MR) is 120 cm³/mol. The molecule has 31 heavy (non-hydrogen) atoms. The highest BCUT2D eigenvalue weighted by Crippen LogP contribution is 2.32. The molecule has 4 rings (SSSR count). The Morgan fingerprint density at radius 2 is 1.81 bits per heavy atom. The molecule has 0 atom stereocenters. The van der Waals surface area contributed by atoms with Crippen molar-refractivity contribution in [1.29, 1.82) is 0 Å². The molecule has 0 N–H and O–H groups in total. The van der Waals surface area contributed by atoms with Crippen LogP contribution in [-0.2, 0) is 22.4 Å². The second-order valence-electron chi connectivity index (χ2n) is 7.97. The summed E-state index contributed by atoms with van der Waals surface area (Å²) in [6.45, 7) is 6.70. The third-order valence-corrected chi connectivity index (χ3v) is 6.05. The van der Waals surface area contributed by atoms with Crippen molar-refractivity contribution in [3.63, 3.8) is 0 Å². The Morgan fingerprint density at radius 3 is 2.52 bits per heavy atom. The fraction of sp³-hybridized carbons (Fsp3) is 0.320. The number of hydrogen-bond donors (Lipinski definition) is 0. The van der Waals surface area contributed by atoms with Crippen molar-refractivity contribution in [3.8, 4) is 5.69 Å². The molecule has 1 amide bonds. The van der Waals surface area contributed by atoms with Crippen molar-refractivity contribution < 1.29 is 14.3 Å². The maximum Gasteiger partial charge on any atom is 0.305 e. The number of hydrogen-bond acceptors (Lipinski definition) is 4. The average molecular weight is 418 g/mol. The predicted octanol–water partition coefficient (Wildman–Crippen LogP) is 4.11. The van der Waals surface area contributed by atoms with Gasteiger partial charge in [0.25, 0.3) is 5.91 Å². The molecule has 1 aliphatic heterocycles. The zero-order valence-corrected chi connectivity index (χ0v) is 18.4. The molecule has 0 saturated carbocycles. The fourth-order valence-electron chi connectivity index (χ4n) is 4.37. The van der Waals surface area contributed by atoms with Gasteiger partial charge in [-0.3, -0.25) is 9.59 Å². The van der Waals surface area contributed by atoms with Crippen LogP contribution in [0.2, 0.25) is 0 Å². The van der Waals surface area contributed by atoms with E-state index < -0.39 is 0 Å². The molecule has 1 aromatic heterocycles. The number of carbonyl (C=O) groups is 2. The summed E-state index contributed by atoms with van der Waals surface area (Å²) in [6, 6.07) is 13.8. The lowest BCUT2D eigenvalue weighted by atomic mass is 10.1. The van der Waals surface area contributed by atoms with E-state index in [9.17, 15) is 9.59 Å². The monoisotopic (exact) mass is 417 g/mol. The zero-order valence-electron chi connectivity index (χ0n) is 18.4. The van der Waals surface area contributed by atoms with E-state index in [0.717, 1.165) is 40.3 Å². The van der Waals surface area contributed by atoms with E-state index in [1.54, 1.807) is 0 Å². The van der Waals surface area contributed by atoms with Crippen LogP contribution < -0.4 is 4.90 Å². The van der Waals surface area contributed by atoms with Gasteiger partial charge in [0.15, 0.2) is 0 Å². The van der Waals surface area contributed by atoms with Crippen molar-refractivity contribution >= 4 is 17.6 Å². The number of benzene rings is 2. The van der Waals surface area contributed by atoms with Gasteiger partial charge < -0.3 is 9.64 Å². The smallest absolute Gasteiger partial charge is 0.305 e. The highest BCUT2D eigenvalue weighted by atomic mass is 16.5. The highest BCUT2D eigenvalue weighted by molar-refractivity contribution is 6.07. The molecule has 2 aromatic carbocycles. The summed E-state index contributed by atoms with van der Waals surface area (Å²) >= 11 is 0. The van der Waals surface area contributed by atoms with Crippen LogP contribution in [0.5, 0.6) is 0 Å². The molecule has 0 saturated heterocycles. The number of para-hydroxylation sites is 1. The van der Waals surface area contributed by atoms with E-state index in [2.05, 4.69) is 11.2 Å². The number of aromatic nitrogens is 2. The molecule has 0 radical (unpaired) electrons. The highest BCUT2D eigenvalue weighted by Gasteiger charge is 2.27. The molecule has 6 heteroatoms. The Morgan fingerprint density at radius 1 is 1.06 bits per heavy atom. The van der Waals surface area contributed by atoms with Gasteiger partial charge in [0.1, 0.15) is 0 Å². The molecule has 6 nitrogen and oxygen atoms in total. The van der Waals surface area contributed by atoms with Crippen molar-refractivity contribution in [2.75, 3.05) is 18.6 Å². The van der Waals surface area contributed by atoms with Crippen molar-refractivity contribution in [2.24, 2.45) is 0 Å². The summed E-state index contributed by atoms with van der Waals surface area (Å²) in [5, 5.41) is 4.65. The van der Waals surface area contributed by atoms with Crippen LogP contribution in [0, 0.1) is 20.8 Å². The van der Waals surface area contributed by atoms with Crippen LogP contribution in [0.15, 0.2) is 42.5 Å². The number of fused-ring (bicyclic) bond motifs is 1. The van der Waals surface area contributed by atoms with E-state index >= 15 is 0 Å². The number of ether oxygens (including phenoxy) is 1. The fourth-order valence-corrected chi connectivity index (χ4v) is 4.37. The summed E-state index contributed by atoms with van der Waals surface area (Å²) in [5.41, 5.74) is 7.89. The molecule has 2 heterocycles. The maximum absolute atomic E-state index is 13.2. The average Bonchev–Trinajstić information content (AvgIpc) is 3.33. The largest absolute Gasteiger partial charge is 0.469 e. The number of anilines is 1. The second kappa shape index (κ2) is 8.38. The second-order valence-corrected chi connectivity index (χ2v) is 7.97. The van der Waals surface area contributed by atoms with Gasteiger partial charge in [-0.05, 0) is 74.6 Å². The summed E-state index contributed by atoms with van der Waals surface area (Å²) in [5.74, 6) is -0.208. The first kappa shape index (κ1) is 20.8. The molecule has 3 aromatic rings. The van der Waals surface area contributed by atoms with E-state index in [0.29, 0.717) is 24.9 Å². The molecule has 0 fully saturated rings. The van der Waals surface area contributed by atoms with Crippen molar-refractivity contribution in [1.82, 2.24) is 9.78 Å². The maximum atomic E-state index is 13.2. The van der Waals surface area contributed by atoms with Gasteiger partial charge in [0, 0.05) is 24.2 Å². The SMILES string of the molecule is COC(=O)CCc1c(C)nn(-c2ccc(C(=O)N3CCc4cccc(C)c43)cc2)c1C. The minimum atomic E-state index is -0.229. The number of nitrogens with zero attached hydrogens (tertiary/aromatic N) is 3. The molecule has 0 aliphatic carbocycles. The number of methoxy groups -OCH3 is 1. The van der Waals surface area contributed by atoms with Gasteiger partial charge >= 0.3 is 5.97 Å². The Labute approximate surface area is 182 Å². The van der Waals surface area contributed by atoms with Crippen molar-refractivity contribution in [3.05, 3.63) is 76.1 Å². The molecule has 160 valence electrons. The third kappa shape index (κ3) is 3.85. The molecule has 0 spiro atoms. The third-order valence-electron chi connectivity index (χ3n) is 6.05. The topological polar surface area (TPSA) is 64.4 Å². The standard InChI is InChI=1S/C25H27N3O3/c1-16-6-5-7-19-14-15-27(24(16)19)25(30)20-8-10-21(11-9-20)28-18(3)22(17(2)26-28)12-13-23(29)31-4/h5-11H,12-15H2,1-4H3. The molecule has 0 unspecified atom stereocenters. The first-order valence-electron chi connectivity index (χ1n) is 10.5. The molecular weight excluding hydrogens is 390 g/mol. The first-order chi connectivity index (χ1) is 14.9. The first-order valence-corrected chi connectivity index (χ1v) is 10.5. The molecular formula is C25H27N3O3. The normalized spacial score (nSPS) is 12.7. The van der Waals surface area contributed by atoms with Crippen LogP contribution in [0.1, 0.15) is 44.9 Å². The van der Waals surface area contributed by atoms with Gasteiger partial charge in [-0.25, -0.2) is 4.68 Å². The molecule has 0 bridgehead atoms. The summed E-state index contributed by atoms with van der Waals surface area (Å²) in [4.78, 5) is 26.6. The summed E-state index contributed by atoms with van der Waals surface area (Å²) < 4.78 is 6.61. The van der Waals surface area contributed by atoms with Crippen LogP contribution in [0.3, 0.4) is 0 Å². The van der Waals surface area contributed by atoms with Crippen molar-refractivity contribution in [2.45, 2.75) is 40.0 Å². The lowest BCUT2D eigenvalue weighted by Crippen LogP contribution is -2.29. The van der Waals surface area contributed by atoms with Crippen LogP contribution in [0.4, 0.5) is 5.69 Å². The number of rotatable bonds is 5. The lowest BCUT2D eigenvalue weighted by molar-refractivity contribution is -0.140. The van der Waals surface area contributed by atoms with Crippen LogP contribution >= 0.6 is 0 Å². The van der Waals surface area contributed by atoms with E-state index in [-0.39, 0.29) is 11.9 Å². The number of amides is 1. The van der Waals surface area contributed by atoms with Gasteiger partial charge in [-0.2, -0.15) is 5.10 Å². The van der Waals surface area contributed by atoms with E-state index in [1.165, 1.54) is 12.7 Å².